The highest BCUT2D eigenvalue weighted by Gasteiger charge is 2.28. The first kappa shape index (κ1) is 19.9. The molecule has 4 aromatic rings. The Balaban J connectivity index is 1.20. The highest BCUT2D eigenvalue weighted by Crippen LogP contribution is 2.44. The number of carbonyl (C=O) groups excluding carboxylic acids is 1. The van der Waals surface area contributed by atoms with E-state index < -0.39 is 6.09 Å². The van der Waals surface area contributed by atoms with Crippen LogP contribution in [0, 0.1) is 0 Å². The van der Waals surface area contributed by atoms with E-state index in [9.17, 15) is 4.79 Å². The molecule has 158 valence electrons. The quantitative estimate of drug-likeness (QED) is 0.391. The minimum atomic E-state index is -0.418. The number of ether oxygens (including phenoxy) is 1. The molecule has 1 aliphatic carbocycles. The van der Waals surface area contributed by atoms with Crippen molar-refractivity contribution in [2.45, 2.75) is 5.92 Å². The van der Waals surface area contributed by atoms with Gasteiger partial charge in [-0.25, -0.2) is 4.79 Å². The Morgan fingerprint density at radius 2 is 1.50 bits per heavy atom. The smallest absolute Gasteiger partial charge is 0.407 e. The van der Waals surface area contributed by atoms with Crippen molar-refractivity contribution >= 4 is 28.6 Å². The van der Waals surface area contributed by atoms with Crippen molar-refractivity contribution in [1.29, 1.82) is 0 Å². The largest absolute Gasteiger partial charge is 0.449 e. The minimum absolute atomic E-state index is 0.0600. The molecule has 0 saturated carbocycles. The number of amides is 1. The molecule has 4 nitrogen and oxygen atoms in total. The molecule has 0 radical (unpaired) electrons. The van der Waals surface area contributed by atoms with E-state index in [1.807, 2.05) is 72.8 Å². The average Bonchev–Trinajstić information content (AvgIpc) is 3.15. The van der Waals surface area contributed by atoms with E-state index >= 15 is 0 Å². The zero-order valence-electron chi connectivity index (χ0n) is 17.6. The molecule has 0 aromatic heterocycles. The normalized spacial score (nSPS) is 12.6. The van der Waals surface area contributed by atoms with Crippen LogP contribution in [0.1, 0.15) is 22.6 Å². The van der Waals surface area contributed by atoms with Gasteiger partial charge in [-0.05, 0) is 39.3 Å². The van der Waals surface area contributed by atoms with Crippen molar-refractivity contribution in [2.75, 3.05) is 18.9 Å². The maximum Gasteiger partial charge on any atom is 0.407 e. The first-order valence-electron chi connectivity index (χ1n) is 10.7. The Morgan fingerprint density at radius 3 is 2.25 bits per heavy atom. The van der Waals surface area contributed by atoms with E-state index in [1.165, 1.54) is 22.3 Å². The first-order chi connectivity index (χ1) is 15.7. The highest BCUT2D eigenvalue weighted by atomic mass is 16.5. The number of hydrogen-bond acceptors (Lipinski definition) is 3. The van der Waals surface area contributed by atoms with Crippen LogP contribution in [0.5, 0.6) is 0 Å². The van der Waals surface area contributed by atoms with Crippen molar-refractivity contribution in [1.82, 2.24) is 5.32 Å². The minimum Gasteiger partial charge on any atom is -0.449 e. The molecule has 32 heavy (non-hydrogen) atoms. The number of anilines is 1. The van der Waals surface area contributed by atoms with E-state index in [-0.39, 0.29) is 5.92 Å². The van der Waals surface area contributed by atoms with Crippen LogP contribution in [0.15, 0.2) is 91.0 Å². The lowest BCUT2D eigenvalue weighted by molar-refractivity contribution is 0.144. The van der Waals surface area contributed by atoms with Gasteiger partial charge < -0.3 is 15.8 Å². The van der Waals surface area contributed by atoms with Crippen molar-refractivity contribution < 1.29 is 9.53 Å². The monoisotopic (exact) mass is 420 g/mol. The summed E-state index contributed by atoms with van der Waals surface area (Å²) in [4.78, 5) is 12.3. The van der Waals surface area contributed by atoms with Crippen molar-refractivity contribution in [3.63, 3.8) is 0 Å². The number of hydrogen-bond donors (Lipinski definition) is 2. The summed E-state index contributed by atoms with van der Waals surface area (Å²) in [5, 5.41) is 4.93. The Hall–Kier alpha value is -4.05. The van der Waals surface area contributed by atoms with Gasteiger partial charge in [0.25, 0.3) is 0 Å². The van der Waals surface area contributed by atoms with Gasteiger partial charge in [-0.3, -0.25) is 0 Å². The average molecular weight is 421 g/mol. The van der Waals surface area contributed by atoms with Crippen LogP contribution in [-0.4, -0.2) is 19.2 Å². The van der Waals surface area contributed by atoms with Gasteiger partial charge in [0.1, 0.15) is 6.61 Å². The molecule has 0 atom stereocenters. The van der Waals surface area contributed by atoms with Crippen LogP contribution in [0.4, 0.5) is 10.5 Å². The summed E-state index contributed by atoms with van der Waals surface area (Å²) < 4.78 is 5.58. The summed E-state index contributed by atoms with van der Waals surface area (Å²) in [6.07, 6.45) is 3.49. The Morgan fingerprint density at radius 1 is 0.844 bits per heavy atom. The topological polar surface area (TPSA) is 64.3 Å². The lowest BCUT2D eigenvalue weighted by Crippen LogP contribution is -2.26. The predicted octanol–water partition coefficient (Wildman–Crippen LogP) is 5.97. The third kappa shape index (κ3) is 3.71. The van der Waals surface area contributed by atoms with Gasteiger partial charge in [0.15, 0.2) is 0 Å². The number of rotatable bonds is 5. The molecule has 4 aromatic carbocycles. The summed E-state index contributed by atoms with van der Waals surface area (Å²) in [6.45, 7) is 0.696. The van der Waals surface area contributed by atoms with Gasteiger partial charge in [-0.2, -0.15) is 0 Å². The summed E-state index contributed by atoms with van der Waals surface area (Å²) in [7, 11) is 0. The fraction of sp³-hybridized carbons (Fsp3) is 0.107. The van der Waals surface area contributed by atoms with E-state index in [2.05, 4.69) is 29.6 Å². The van der Waals surface area contributed by atoms with Crippen LogP contribution < -0.4 is 11.1 Å². The lowest BCUT2D eigenvalue weighted by atomic mass is 9.98. The molecular weight excluding hydrogens is 396 g/mol. The van der Waals surface area contributed by atoms with Gasteiger partial charge in [0.05, 0.1) is 0 Å². The zero-order valence-corrected chi connectivity index (χ0v) is 17.6. The van der Waals surface area contributed by atoms with Gasteiger partial charge in [-0.1, -0.05) is 91.0 Å². The number of nitrogens with two attached hydrogens (primary N) is 1. The van der Waals surface area contributed by atoms with E-state index in [0.29, 0.717) is 13.2 Å². The van der Waals surface area contributed by atoms with Gasteiger partial charge in [0, 0.05) is 23.5 Å². The van der Waals surface area contributed by atoms with Crippen LogP contribution in [0.3, 0.4) is 0 Å². The van der Waals surface area contributed by atoms with Crippen molar-refractivity contribution in [3.05, 3.63) is 108 Å². The Bertz CT molecular complexity index is 1280. The summed E-state index contributed by atoms with van der Waals surface area (Å²) >= 11 is 0. The fourth-order valence-corrected chi connectivity index (χ4v) is 4.48. The molecule has 0 heterocycles. The number of benzene rings is 4. The molecule has 0 unspecified atom stereocenters. The summed E-state index contributed by atoms with van der Waals surface area (Å²) in [5.74, 6) is 0.0600. The van der Waals surface area contributed by atoms with E-state index in [1.54, 1.807) is 0 Å². The number of alkyl carbamates (subject to hydrolysis) is 1. The second-order valence-electron chi connectivity index (χ2n) is 7.90. The summed E-state index contributed by atoms with van der Waals surface area (Å²) in [5.41, 5.74) is 12.7. The SMILES string of the molecule is Nc1cccc2c(C=CCNC(=O)OCC3c4ccccc4-c4ccccc43)cccc12. The second kappa shape index (κ2) is 8.60. The van der Waals surface area contributed by atoms with Gasteiger partial charge >= 0.3 is 6.09 Å². The van der Waals surface area contributed by atoms with Gasteiger partial charge in [0.2, 0.25) is 0 Å². The first-order valence-corrected chi connectivity index (χ1v) is 10.7. The van der Waals surface area contributed by atoms with Crippen LogP contribution in [0.2, 0.25) is 0 Å². The molecule has 0 spiro atoms. The van der Waals surface area contributed by atoms with Crippen LogP contribution in [-0.2, 0) is 4.74 Å². The molecule has 4 heteroatoms. The molecule has 5 rings (SSSR count). The third-order valence-electron chi connectivity index (χ3n) is 5.99. The number of fused-ring (bicyclic) bond motifs is 4. The molecule has 1 aliphatic rings. The molecular formula is C28H24N2O2. The third-order valence-corrected chi connectivity index (χ3v) is 5.99. The maximum atomic E-state index is 12.3. The number of carbonyl (C=O) groups is 1. The molecule has 0 bridgehead atoms. The Kier molecular flexibility index (Phi) is 5.34. The molecule has 3 N–H and O–H groups in total. The number of nitrogens with one attached hydrogen (secondary N) is 1. The molecule has 1 amide bonds. The number of nitrogen functional groups attached to an aromatic ring is 1. The molecule has 0 saturated heterocycles. The predicted molar refractivity (Wildman–Crippen MR) is 130 cm³/mol. The fourth-order valence-electron chi connectivity index (χ4n) is 4.48. The lowest BCUT2D eigenvalue weighted by Gasteiger charge is -2.14. The molecule has 0 fully saturated rings. The van der Waals surface area contributed by atoms with Gasteiger partial charge in [-0.15, -0.1) is 0 Å². The van der Waals surface area contributed by atoms with E-state index in [4.69, 9.17) is 10.5 Å². The summed E-state index contributed by atoms with van der Waals surface area (Å²) in [6, 6.07) is 28.5. The maximum absolute atomic E-state index is 12.3. The van der Waals surface area contributed by atoms with Crippen LogP contribution in [0.25, 0.3) is 28.0 Å². The zero-order chi connectivity index (χ0) is 21.9. The van der Waals surface area contributed by atoms with Crippen molar-refractivity contribution in [3.8, 4) is 11.1 Å². The second-order valence-corrected chi connectivity index (χ2v) is 7.90. The standard InChI is InChI=1S/C28H24N2O2/c29-27-16-6-14-20-19(8-5-15-25(20)27)9-7-17-30-28(31)32-18-26-23-12-3-1-10-21(23)22-11-2-4-13-24(22)26/h1-16,26H,17-18,29H2,(H,30,31). The van der Waals surface area contributed by atoms with Crippen LogP contribution >= 0.6 is 0 Å². The van der Waals surface area contributed by atoms with E-state index in [0.717, 1.165) is 22.0 Å². The highest BCUT2D eigenvalue weighted by molar-refractivity contribution is 5.98. The molecule has 0 aliphatic heterocycles. The Labute approximate surface area is 187 Å². The van der Waals surface area contributed by atoms with Crippen molar-refractivity contribution in [2.24, 2.45) is 0 Å².